The number of hydrogen-bond donors (Lipinski definition) is 1. The molecule has 8 heteroatoms. The molecule has 1 aromatic rings. The third-order valence-electron chi connectivity index (χ3n) is 2.34. The van der Waals surface area contributed by atoms with Gasteiger partial charge in [-0.2, -0.15) is 18.4 Å². The summed E-state index contributed by atoms with van der Waals surface area (Å²) in [6, 6.07) is 4.79. The minimum Gasteiger partial charge on any atom is -0.480 e. The van der Waals surface area contributed by atoms with Crippen molar-refractivity contribution in [2.75, 3.05) is 13.1 Å². The molecule has 0 atom stereocenters. The molecule has 0 saturated carbocycles. The fourth-order valence-corrected chi connectivity index (χ4v) is 1.66. The molecule has 108 valence electrons. The Kier molecular flexibility index (Phi) is 5.05. The number of rotatable bonds is 5. The van der Waals surface area contributed by atoms with Gasteiger partial charge in [0.05, 0.1) is 24.7 Å². The van der Waals surface area contributed by atoms with E-state index in [-0.39, 0.29) is 11.1 Å². The normalized spacial score (nSPS) is 11.4. The predicted molar refractivity (Wildman–Crippen MR) is 60.1 cm³/mol. The summed E-state index contributed by atoms with van der Waals surface area (Å²) in [5.74, 6) is -2.15. The summed E-state index contributed by atoms with van der Waals surface area (Å²) in [5, 5.41) is 17.4. The number of benzene rings is 1. The van der Waals surface area contributed by atoms with E-state index in [0.29, 0.717) is 4.90 Å². The Bertz CT molecular complexity index is 537. The van der Waals surface area contributed by atoms with E-state index in [2.05, 4.69) is 0 Å². The van der Waals surface area contributed by atoms with Gasteiger partial charge in [-0.3, -0.25) is 9.69 Å². The van der Waals surface area contributed by atoms with Gasteiger partial charge >= 0.3 is 12.1 Å². The quantitative estimate of drug-likeness (QED) is 0.844. The number of halogens is 4. The molecule has 1 aromatic carbocycles. The van der Waals surface area contributed by atoms with E-state index >= 15 is 0 Å². The molecule has 0 aliphatic rings. The van der Waals surface area contributed by atoms with E-state index in [1.54, 1.807) is 6.07 Å². The van der Waals surface area contributed by atoms with E-state index < -0.39 is 37.6 Å². The standard InChI is InChI=1S/C12H10F4N2O2/c13-10-2-1-8(4-17)9(3-10)5-18(6-11(19)20)7-12(14,15)16/h1-3H,5-7H2,(H,19,20). The summed E-state index contributed by atoms with van der Waals surface area (Å²) in [4.78, 5) is 11.1. The average Bonchev–Trinajstić information content (AvgIpc) is 2.25. The highest BCUT2D eigenvalue weighted by Gasteiger charge is 2.31. The molecule has 0 aliphatic heterocycles. The number of nitriles is 1. The second-order valence-electron chi connectivity index (χ2n) is 4.07. The maximum Gasteiger partial charge on any atom is 0.401 e. The Hall–Kier alpha value is -2.14. The molecule has 1 rings (SSSR count). The lowest BCUT2D eigenvalue weighted by Gasteiger charge is -2.22. The van der Waals surface area contributed by atoms with Crippen LogP contribution >= 0.6 is 0 Å². The Morgan fingerprint density at radius 3 is 2.55 bits per heavy atom. The minimum absolute atomic E-state index is 0.00367. The number of carboxylic acid groups (broad SMARTS) is 1. The molecule has 0 spiro atoms. The second-order valence-corrected chi connectivity index (χ2v) is 4.07. The van der Waals surface area contributed by atoms with Gasteiger partial charge < -0.3 is 5.11 Å². The molecule has 1 N–H and O–H groups in total. The highest BCUT2D eigenvalue weighted by Crippen LogP contribution is 2.19. The third-order valence-corrected chi connectivity index (χ3v) is 2.34. The van der Waals surface area contributed by atoms with E-state index in [0.717, 1.165) is 18.2 Å². The number of alkyl halides is 3. The Morgan fingerprint density at radius 2 is 2.05 bits per heavy atom. The topological polar surface area (TPSA) is 64.3 Å². The largest absolute Gasteiger partial charge is 0.480 e. The van der Waals surface area contributed by atoms with Crippen LogP contribution < -0.4 is 0 Å². The first kappa shape index (κ1) is 15.9. The van der Waals surface area contributed by atoms with Gasteiger partial charge in [-0.05, 0) is 23.8 Å². The van der Waals surface area contributed by atoms with Gasteiger partial charge in [0.2, 0.25) is 0 Å². The summed E-state index contributed by atoms with van der Waals surface area (Å²) in [7, 11) is 0. The molecule has 0 radical (unpaired) electrons. The van der Waals surface area contributed by atoms with Gasteiger partial charge in [-0.15, -0.1) is 0 Å². The number of carboxylic acids is 1. The number of hydrogen-bond acceptors (Lipinski definition) is 3. The number of nitrogens with zero attached hydrogens (tertiary/aromatic N) is 2. The van der Waals surface area contributed by atoms with Crippen molar-refractivity contribution in [1.29, 1.82) is 5.26 Å². The maximum atomic E-state index is 13.1. The lowest BCUT2D eigenvalue weighted by atomic mass is 10.1. The van der Waals surface area contributed by atoms with Crippen LogP contribution in [0.4, 0.5) is 17.6 Å². The van der Waals surface area contributed by atoms with Crippen molar-refractivity contribution in [1.82, 2.24) is 4.90 Å². The Labute approximate surface area is 111 Å². The first-order valence-corrected chi connectivity index (χ1v) is 5.40. The molecule has 0 heterocycles. The van der Waals surface area contributed by atoms with Crippen LogP contribution in [-0.2, 0) is 11.3 Å². The molecular formula is C12H10F4N2O2. The van der Waals surface area contributed by atoms with Gasteiger partial charge in [0.25, 0.3) is 0 Å². The SMILES string of the molecule is N#Cc1ccc(F)cc1CN(CC(=O)O)CC(F)(F)F. The zero-order valence-electron chi connectivity index (χ0n) is 10.1. The van der Waals surface area contributed by atoms with Crippen molar-refractivity contribution in [2.24, 2.45) is 0 Å². The van der Waals surface area contributed by atoms with Crippen LogP contribution in [0.1, 0.15) is 11.1 Å². The summed E-state index contributed by atoms with van der Waals surface area (Å²) in [6.07, 6.45) is -4.59. The van der Waals surface area contributed by atoms with Crippen molar-refractivity contribution >= 4 is 5.97 Å². The van der Waals surface area contributed by atoms with Crippen molar-refractivity contribution < 1.29 is 27.5 Å². The van der Waals surface area contributed by atoms with Gasteiger partial charge in [0, 0.05) is 6.54 Å². The Morgan fingerprint density at radius 1 is 1.40 bits per heavy atom. The minimum atomic E-state index is -4.59. The van der Waals surface area contributed by atoms with Crippen molar-refractivity contribution in [3.05, 3.63) is 35.1 Å². The van der Waals surface area contributed by atoms with Crippen LogP contribution in [0.15, 0.2) is 18.2 Å². The van der Waals surface area contributed by atoms with E-state index in [1.807, 2.05) is 0 Å². The first-order valence-electron chi connectivity index (χ1n) is 5.40. The number of carbonyl (C=O) groups is 1. The molecular weight excluding hydrogens is 280 g/mol. The summed E-state index contributed by atoms with van der Waals surface area (Å²) >= 11 is 0. The van der Waals surface area contributed by atoms with Crippen LogP contribution in [0, 0.1) is 17.1 Å². The fourth-order valence-electron chi connectivity index (χ4n) is 1.66. The maximum absolute atomic E-state index is 13.1. The molecule has 0 saturated heterocycles. The van der Waals surface area contributed by atoms with Crippen LogP contribution in [-0.4, -0.2) is 35.2 Å². The lowest BCUT2D eigenvalue weighted by Crippen LogP contribution is -2.37. The average molecular weight is 290 g/mol. The molecule has 0 aromatic heterocycles. The van der Waals surface area contributed by atoms with Gasteiger partial charge in [-0.1, -0.05) is 0 Å². The third kappa shape index (κ3) is 5.24. The summed E-state index contributed by atoms with van der Waals surface area (Å²) < 4.78 is 50.1. The summed E-state index contributed by atoms with van der Waals surface area (Å²) in [5.41, 5.74) is 0.0157. The zero-order valence-corrected chi connectivity index (χ0v) is 10.1. The first-order chi connectivity index (χ1) is 9.21. The van der Waals surface area contributed by atoms with Gasteiger partial charge in [0.1, 0.15) is 5.82 Å². The molecule has 0 aliphatic carbocycles. The van der Waals surface area contributed by atoms with Crippen LogP contribution in [0.5, 0.6) is 0 Å². The highest BCUT2D eigenvalue weighted by molar-refractivity contribution is 5.69. The van der Waals surface area contributed by atoms with Gasteiger partial charge in [0.15, 0.2) is 0 Å². The van der Waals surface area contributed by atoms with E-state index in [9.17, 15) is 22.4 Å². The van der Waals surface area contributed by atoms with Crippen molar-refractivity contribution in [3.63, 3.8) is 0 Å². The van der Waals surface area contributed by atoms with Crippen molar-refractivity contribution in [2.45, 2.75) is 12.7 Å². The van der Waals surface area contributed by atoms with Crippen LogP contribution in [0.3, 0.4) is 0 Å². The predicted octanol–water partition coefficient (Wildman–Crippen LogP) is 2.15. The number of aliphatic carboxylic acids is 1. The fraction of sp³-hybridized carbons (Fsp3) is 0.333. The second kappa shape index (κ2) is 6.34. The molecule has 0 fully saturated rings. The van der Waals surface area contributed by atoms with Gasteiger partial charge in [-0.25, -0.2) is 4.39 Å². The van der Waals surface area contributed by atoms with E-state index in [1.165, 1.54) is 0 Å². The van der Waals surface area contributed by atoms with Crippen LogP contribution in [0.25, 0.3) is 0 Å². The molecule has 0 amide bonds. The molecule has 0 unspecified atom stereocenters. The molecule has 4 nitrogen and oxygen atoms in total. The van der Waals surface area contributed by atoms with E-state index in [4.69, 9.17) is 10.4 Å². The Balaban J connectivity index is 2.97. The zero-order chi connectivity index (χ0) is 15.3. The smallest absolute Gasteiger partial charge is 0.401 e. The monoisotopic (exact) mass is 290 g/mol. The molecule has 20 heavy (non-hydrogen) atoms. The van der Waals surface area contributed by atoms with Crippen molar-refractivity contribution in [3.8, 4) is 6.07 Å². The summed E-state index contributed by atoms with van der Waals surface area (Å²) in [6.45, 7) is -2.80. The van der Waals surface area contributed by atoms with Crippen LogP contribution in [0.2, 0.25) is 0 Å². The lowest BCUT2D eigenvalue weighted by molar-refractivity contribution is -0.154. The molecule has 0 bridgehead atoms. The highest BCUT2D eigenvalue weighted by atomic mass is 19.4.